The van der Waals surface area contributed by atoms with Gasteiger partial charge in [0.25, 0.3) is 0 Å². The molecule has 0 fully saturated rings. The predicted molar refractivity (Wildman–Crippen MR) is 235 cm³/mol. The molecule has 0 N–H and O–H groups in total. The molecule has 10 aromatic rings. The first-order valence-electron chi connectivity index (χ1n) is 19.6. The van der Waals surface area contributed by atoms with Crippen LogP contribution in [0.5, 0.6) is 0 Å². The van der Waals surface area contributed by atoms with E-state index in [1.807, 2.05) is 0 Å². The largest absolute Gasteiger partial charge is 0.376 e. The van der Waals surface area contributed by atoms with Gasteiger partial charge in [-0.05, 0) is 84.9 Å². The Hall–Kier alpha value is -7.10. The highest BCUT2D eigenvalue weighted by atomic mass is 15.1. The number of aromatic nitrogens is 1. The van der Waals surface area contributed by atoms with Gasteiger partial charge in [-0.2, -0.15) is 0 Å². The molecule has 2 nitrogen and oxygen atoms in total. The molecular formula is C53H33BN2. The Labute approximate surface area is 325 Å². The van der Waals surface area contributed by atoms with Gasteiger partial charge in [-0.25, -0.2) is 0 Å². The topological polar surface area (TPSA) is 8.17 Å². The quantitative estimate of drug-likeness (QED) is 0.166. The van der Waals surface area contributed by atoms with Crippen LogP contribution < -0.4 is 15.7 Å². The summed E-state index contributed by atoms with van der Waals surface area (Å²) in [5.41, 5.74) is 18.7. The minimum atomic E-state index is -0.535. The predicted octanol–water partition coefficient (Wildman–Crippen LogP) is 11.5. The highest BCUT2D eigenvalue weighted by molar-refractivity contribution is 6.93. The number of benzene rings is 9. The molecule has 56 heavy (non-hydrogen) atoms. The highest BCUT2D eigenvalue weighted by Crippen LogP contribution is 2.60. The number of nitrogens with zero attached hydrogens (tertiary/aromatic N) is 2. The molecule has 1 aromatic heterocycles. The molecule has 4 heterocycles. The second-order valence-corrected chi connectivity index (χ2v) is 15.6. The summed E-state index contributed by atoms with van der Waals surface area (Å²) in [5, 5.41) is 5.19. The molecule has 0 unspecified atom stereocenters. The smallest absolute Gasteiger partial charge is 0.333 e. The Kier molecular flexibility index (Phi) is 5.94. The van der Waals surface area contributed by atoms with Gasteiger partial charge in [0, 0.05) is 33.4 Å². The molecule has 258 valence electrons. The highest BCUT2D eigenvalue weighted by Gasteiger charge is 2.53. The van der Waals surface area contributed by atoms with E-state index in [0.29, 0.717) is 0 Å². The third-order valence-corrected chi connectivity index (χ3v) is 13.0. The molecule has 0 spiro atoms. The van der Waals surface area contributed by atoms with Crippen LogP contribution in [0.1, 0.15) is 22.3 Å². The standard InChI is InChI=1S/C53H33BN2/c1-4-16-34(17-5-1)36-32-42-40-24-14-27-44-51(40)56(46-29-13-12-26-43(46)53(44,37-19-6-2-7-20-37)38-21-8-3-9-22-38)54-45-28-15-25-41-49-39-23-11-10-18-35(39)30-31-47(49)55(52(41)45)48(33-36)50(42)54/h1-33H. The van der Waals surface area contributed by atoms with Crippen LogP contribution in [-0.2, 0) is 5.41 Å². The number of fused-ring (bicyclic) bond motifs is 11. The Balaban J connectivity index is 1.24. The van der Waals surface area contributed by atoms with Crippen LogP contribution in [0.15, 0.2) is 200 Å². The number of hydrogen-bond acceptors (Lipinski definition) is 1. The van der Waals surface area contributed by atoms with E-state index in [0.717, 1.165) is 0 Å². The van der Waals surface area contributed by atoms with Gasteiger partial charge < -0.3 is 9.38 Å². The first-order valence-corrected chi connectivity index (χ1v) is 19.6. The van der Waals surface area contributed by atoms with Crippen LogP contribution >= 0.6 is 0 Å². The Bertz CT molecular complexity index is 3220. The van der Waals surface area contributed by atoms with Gasteiger partial charge in [0.15, 0.2) is 0 Å². The Morgan fingerprint density at radius 3 is 1.91 bits per heavy atom. The molecule has 3 aliphatic rings. The lowest BCUT2D eigenvalue weighted by atomic mass is 9.42. The van der Waals surface area contributed by atoms with E-state index in [-0.39, 0.29) is 6.85 Å². The van der Waals surface area contributed by atoms with Gasteiger partial charge in [0.1, 0.15) is 0 Å². The lowest BCUT2D eigenvalue weighted by molar-refractivity contribution is 0.734. The summed E-state index contributed by atoms with van der Waals surface area (Å²) in [4.78, 5) is 2.71. The molecule has 0 amide bonds. The minimum absolute atomic E-state index is 0.0454. The Morgan fingerprint density at radius 1 is 0.446 bits per heavy atom. The SMILES string of the molecule is c1ccc(-c2cc3c4c(c2)-n2c5ccc6ccccc6c5c5cccc(c52)B4N2c4ccccc4C(c4ccccc4)(c4ccccc4)c4cccc-3c42)cc1. The summed E-state index contributed by atoms with van der Waals surface area (Å²) in [7, 11) is 0. The van der Waals surface area contributed by atoms with Crippen LogP contribution in [-0.4, -0.2) is 11.4 Å². The molecular weight excluding hydrogens is 675 g/mol. The van der Waals surface area contributed by atoms with E-state index in [1.165, 1.54) is 105 Å². The van der Waals surface area contributed by atoms with Crippen molar-refractivity contribution in [1.82, 2.24) is 4.57 Å². The average molecular weight is 709 g/mol. The maximum atomic E-state index is 2.71. The minimum Gasteiger partial charge on any atom is -0.376 e. The van der Waals surface area contributed by atoms with E-state index >= 15 is 0 Å². The summed E-state index contributed by atoms with van der Waals surface area (Å²) in [6.07, 6.45) is 0. The van der Waals surface area contributed by atoms with Gasteiger partial charge in [0.2, 0.25) is 0 Å². The lowest BCUT2D eigenvalue weighted by Crippen LogP contribution is -2.62. The second-order valence-electron chi connectivity index (χ2n) is 15.6. The zero-order chi connectivity index (χ0) is 36.5. The molecule has 0 saturated heterocycles. The molecule has 0 atom stereocenters. The average Bonchev–Trinajstić information content (AvgIpc) is 3.62. The first kappa shape index (κ1) is 30.3. The number of hydrogen-bond donors (Lipinski definition) is 0. The van der Waals surface area contributed by atoms with Gasteiger partial charge in [0.05, 0.1) is 16.4 Å². The summed E-state index contributed by atoms with van der Waals surface area (Å²) in [6.45, 7) is -0.0454. The van der Waals surface area contributed by atoms with Crippen LogP contribution in [0.2, 0.25) is 0 Å². The van der Waals surface area contributed by atoms with Crippen molar-refractivity contribution in [3.8, 4) is 27.9 Å². The lowest BCUT2D eigenvalue weighted by Gasteiger charge is -2.52. The summed E-state index contributed by atoms with van der Waals surface area (Å²) < 4.78 is 2.59. The van der Waals surface area contributed by atoms with Crippen molar-refractivity contribution in [1.29, 1.82) is 0 Å². The van der Waals surface area contributed by atoms with Gasteiger partial charge in [-0.15, -0.1) is 0 Å². The van der Waals surface area contributed by atoms with E-state index in [9.17, 15) is 0 Å². The van der Waals surface area contributed by atoms with Gasteiger partial charge in [-0.1, -0.05) is 176 Å². The molecule has 0 radical (unpaired) electrons. The Morgan fingerprint density at radius 2 is 1.11 bits per heavy atom. The number of rotatable bonds is 3. The van der Waals surface area contributed by atoms with Crippen LogP contribution in [0, 0.1) is 0 Å². The van der Waals surface area contributed by atoms with E-state index in [4.69, 9.17) is 0 Å². The van der Waals surface area contributed by atoms with Gasteiger partial charge >= 0.3 is 6.85 Å². The van der Waals surface area contributed by atoms with Crippen molar-refractivity contribution in [3.63, 3.8) is 0 Å². The molecule has 0 aliphatic carbocycles. The zero-order valence-electron chi connectivity index (χ0n) is 30.5. The molecule has 0 bridgehead atoms. The van der Waals surface area contributed by atoms with Crippen molar-refractivity contribution in [3.05, 3.63) is 222 Å². The van der Waals surface area contributed by atoms with Crippen molar-refractivity contribution < 1.29 is 0 Å². The van der Waals surface area contributed by atoms with Crippen molar-refractivity contribution in [2.75, 3.05) is 4.81 Å². The molecule has 3 heteroatoms. The second kappa shape index (κ2) is 11.0. The normalized spacial score (nSPS) is 14.1. The molecule has 13 rings (SSSR count). The maximum Gasteiger partial charge on any atom is 0.333 e. The van der Waals surface area contributed by atoms with Crippen molar-refractivity contribution in [2.45, 2.75) is 5.41 Å². The fraction of sp³-hybridized carbons (Fsp3) is 0.0189. The zero-order valence-corrected chi connectivity index (χ0v) is 30.5. The van der Waals surface area contributed by atoms with Crippen LogP contribution in [0.3, 0.4) is 0 Å². The summed E-state index contributed by atoms with van der Waals surface area (Å²) in [6, 6.07) is 75.1. The fourth-order valence-electron chi connectivity index (χ4n) is 10.9. The third-order valence-electron chi connectivity index (χ3n) is 13.0. The molecule has 0 saturated carbocycles. The van der Waals surface area contributed by atoms with Crippen molar-refractivity contribution in [2.24, 2.45) is 0 Å². The van der Waals surface area contributed by atoms with Crippen molar-refractivity contribution >= 4 is 61.7 Å². The van der Waals surface area contributed by atoms with E-state index in [1.54, 1.807) is 0 Å². The maximum absolute atomic E-state index is 2.71. The molecule has 3 aliphatic heterocycles. The summed E-state index contributed by atoms with van der Waals surface area (Å²) >= 11 is 0. The third kappa shape index (κ3) is 3.68. The number of anilines is 2. The van der Waals surface area contributed by atoms with Gasteiger partial charge in [-0.3, -0.25) is 0 Å². The number of para-hydroxylation sites is 3. The van der Waals surface area contributed by atoms with Crippen LogP contribution in [0.4, 0.5) is 11.4 Å². The molecule has 9 aromatic carbocycles. The van der Waals surface area contributed by atoms with Crippen LogP contribution in [0.25, 0.3) is 60.5 Å². The fourth-order valence-corrected chi connectivity index (χ4v) is 10.9. The summed E-state index contributed by atoms with van der Waals surface area (Å²) in [5.74, 6) is 0. The first-order chi connectivity index (χ1) is 27.8. The van der Waals surface area contributed by atoms with E-state index < -0.39 is 5.41 Å². The monoisotopic (exact) mass is 708 g/mol. The van der Waals surface area contributed by atoms with E-state index in [2.05, 4.69) is 210 Å².